The van der Waals surface area contributed by atoms with Crippen LogP contribution in [0, 0.1) is 0 Å². The van der Waals surface area contributed by atoms with Crippen LogP contribution >= 0.6 is 0 Å². The highest BCUT2D eigenvalue weighted by Crippen LogP contribution is 2.10. The molecule has 0 fully saturated rings. The Kier molecular flexibility index (Phi) is 2.16. The second-order valence-corrected chi connectivity index (χ2v) is 1.95. The number of aromatic carboxylic acids is 1. The van der Waals surface area contributed by atoms with Gasteiger partial charge in [0, 0.05) is 0 Å². The van der Waals surface area contributed by atoms with E-state index in [-0.39, 0.29) is 5.56 Å². The lowest BCUT2D eigenvalue weighted by Crippen LogP contribution is -1.95. The summed E-state index contributed by atoms with van der Waals surface area (Å²) in [4.78, 5) is 10.3. The highest BCUT2D eigenvalue weighted by molar-refractivity contribution is 6.00. The zero-order valence-corrected chi connectivity index (χ0v) is 5.65. The van der Waals surface area contributed by atoms with Crippen molar-refractivity contribution in [3.05, 3.63) is 29.8 Å². The fourth-order valence-corrected chi connectivity index (χ4v) is 0.676. The second-order valence-electron chi connectivity index (χ2n) is 1.95. The average Bonchev–Trinajstić information content (AvgIpc) is 2.05. The lowest BCUT2D eigenvalue weighted by molar-refractivity contribution is 0.0697. The van der Waals surface area contributed by atoms with Gasteiger partial charge in [0.2, 0.25) is 0 Å². The van der Waals surface area contributed by atoms with Crippen LogP contribution in [0.15, 0.2) is 24.3 Å². The van der Waals surface area contributed by atoms with E-state index >= 15 is 0 Å². The molecule has 0 saturated heterocycles. The zero-order valence-electron chi connectivity index (χ0n) is 5.65. The van der Waals surface area contributed by atoms with E-state index in [9.17, 15) is 4.79 Å². The van der Waals surface area contributed by atoms with E-state index in [1.807, 2.05) is 0 Å². The molecule has 54 valence electrons. The summed E-state index contributed by atoms with van der Waals surface area (Å²) in [6.07, 6.45) is 0. The van der Waals surface area contributed by atoms with Crippen molar-refractivity contribution in [2.45, 2.75) is 0 Å². The Morgan fingerprint density at radius 1 is 1.36 bits per heavy atom. The summed E-state index contributed by atoms with van der Waals surface area (Å²) in [5, 5.41) is 8.48. The molecule has 0 unspecified atom stereocenters. The third-order valence-corrected chi connectivity index (χ3v) is 1.24. The van der Waals surface area contributed by atoms with Gasteiger partial charge in [0.05, 0.1) is 11.3 Å². The minimum absolute atomic E-state index is 0.214. The van der Waals surface area contributed by atoms with Crippen molar-refractivity contribution in [2.75, 3.05) is 0 Å². The number of carboxylic acid groups (broad SMARTS) is 1. The van der Waals surface area contributed by atoms with Gasteiger partial charge < -0.3 is 9.76 Å². The first-order chi connectivity index (χ1) is 5.24. The van der Waals surface area contributed by atoms with Crippen LogP contribution in [-0.4, -0.2) is 19.1 Å². The van der Waals surface area contributed by atoms with Gasteiger partial charge in [-0.1, -0.05) is 0 Å². The summed E-state index contributed by atoms with van der Waals surface area (Å²) in [5.74, 6) is -0.524. The monoisotopic (exact) mass is 148 g/mol. The number of hydrogen-bond donors (Lipinski definition) is 1. The zero-order chi connectivity index (χ0) is 8.27. The van der Waals surface area contributed by atoms with Crippen LogP contribution in [0.25, 0.3) is 0 Å². The molecule has 3 nitrogen and oxygen atoms in total. The minimum Gasteiger partial charge on any atom is -0.568 e. The number of carboxylic acids is 1. The van der Waals surface area contributed by atoms with Gasteiger partial charge >= 0.3 is 14.0 Å². The molecule has 0 atom stereocenters. The quantitative estimate of drug-likeness (QED) is 0.632. The maximum absolute atomic E-state index is 10.3. The fourth-order valence-electron chi connectivity index (χ4n) is 0.676. The molecule has 0 aromatic heterocycles. The Morgan fingerprint density at radius 2 is 1.91 bits per heavy atom. The maximum Gasteiger partial charge on any atom is 0.374 e. The van der Waals surface area contributed by atoms with Crippen molar-refractivity contribution in [3.8, 4) is 5.75 Å². The van der Waals surface area contributed by atoms with Gasteiger partial charge in [0.25, 0.3) is 0 Å². The summed E-state index contributed by atoms with van der Waals surface area (Å²) >= 11 is 0. The largest absolute Gasteiger partial charge is 0.568 e. The van der Waals surface area contributed by atoms with Gasteiger partial charge in [-0.15, -0.1) is 0 Å². The van der Waals surface area contributed by atoms with E-state index in [0.717, 1.165) is 0 Å². The van der Waals surface area contributed by atoms with Crippen LogP contribution in [0.4, 0.5) is 0 Å². The predicted molar refractivity (Wildman–Crippen MR) is 39.8 cm³/mol. The van der Waals surface area contributed by atoms with Crippen LogP contribution < -0.4 is 4.65 Å². The first-order valence-electron chi connectivity index (χ1n) is 2.94. The van der Waals surface area contributed by atoms with E-state index in [4.69, 9.17) is 13.2 Å². The second kappa shape index (κ2) is 3.10. The van der Waals surface area contributed by atoms with Crippen LogP contribution in [-0.2, 0) is 0 Å². The Labute approximate surface area is 65.1 Å². The summed E-state index contributed by atoms with van der Waals surface area (Å²) in [6, 6.07) is 5.82. The first-order valence-corrected chi connectivity index (χ1v) is 2.94. The average molecular weight is 148 g/mol. The SMILES string of the molecule is [B]Oc1ccc(C(=O)O)cc1. The van der Waals surface area contributed by atoms with Crippen molar-refractivity contribution >= 4 is 14.0 Å². The third kappa shape index (κ3) is 1.74. The third-order valence-electron chi connectivity index (χ3n) is 1.24. The molecule has 1 N–H and O–H groups in total. The van der Waals surface area contributed by atoms with E-state index in [2.05, 4.69) is 4.65 Å². The molecule has 0 heterocycles. The van der Waals surface area contributed by atoms with Gasteiger partial charge in [-0.3, -0.25) is 0 Å². The molecule has 0 aliphatic heterocycles. The van der Waals surface area contributed by atoms with Crippen molar-refractivity contribution in [1.82, 2.24) is 0 Å². The van der Waals surface area contributed by atoms with Crippen LogP contribution in [0.3, 0.4) is 0 Å². The van der Waals surface area contributed by atoms with Crippen molar-refractivity contribution in [3.63, 3.8) is 0 Å². The van der Waals surface area contributed by atoms with Gasteiger partial charge in [-0.2, -0.15) is 0 Å². The molecule has 0 amide bonds. The molecule has 2 radical (unpaired) electrons. The number of hydrogen-bond acceptors (Lipinski definition) is 2. The van der Waals surface area contributed by atoms with Gasteiger partial charge in [-0.05, 0) is 24.3 Å². The standard InChI is InChI=1S/C7H5BO3/c8-11-6-3-1-5(2-4-6)7(9)10/h1-4H,(H,9,10). The molecule has 1 aromatic carbocycles. The molecular weight excluding hydrogens is 143 g/mol. The van der Waals surface area contributed by atoms with Gasteiger partial charge in [0.1, 0.15) is 0 Å². The molecule has 11 heavy (non-hydrogen) atoms. The molecule has 0 aliphatic carbocycles. The Hall–Kier alpha value is -1.45. The number of rotatable bonds is 2. The fraction of sp³-hybridized carbons (Fsp3) is 0. The van der Waals surface area contributed by atoms with Crippen molar-refractivity contribution < 1.29 is 14.6 Å². The number of benzene rings is 1. The normalized spacial score (nSPS) is 9.09. The smallest absolute Gasteiger partial charge is 0.374 e. The maximum atomic E-state index is 10.3. The summed E-state index contributed by atoms with van der Waals surface area (Å²) in [6.45, 7) is 0. The van der Waals surface area contributed by atoms with Crippen LogP contribution in [0.5, 0.6) is 5.75 Å². The van der Waals surface area contributed by atoms with E-state index in [0.29, 0.717) is 5.75 Å². The molecule has 4 heteroatoms. The summed E-state index contributed by atoms with van der Waals surface area (Å²) < 4.78 is 4.36. The van der Waals surface area contributed by atoms with Gasteiger partial charge in [-0.25, -0.2) is 4.79 Å². The molecule has 1 rings (SSSR count). The minimum atomic E-state index is -0.964. The molecule has 1 aromatic rings. The predicted octanol–water partition coefficient (Wildman–Crippen LogP) is 0.847. The van der Waals surface area contributed by atoms with E-state index < -0.39 is 5.97 Å². The Bertz CT molecular complexity index is 255. The van der Waals surface area contributed by atoms with Gasteiger partial charge in [0.15, 0.2) is 0 Å². The summed E-state index contributed by atoms with van der Waals surface area (Å²) in [5.41, 5.74) is 0.214. The highest BCUT2D eigenvalue weighted by Gasteiger charge is 2.00. The molecular formula is C7H5BO3. The lowest BCUT2D eigenvalue weighted by Gasteiger charge is -1.98. The number of carbonyl (C=O) groups is 1. The highest BCUT2D eigenvalue weighted by atomic mass is 16.4. The Morgan fingerprint density at radius 3 is 2.27 bits per heavy atom. The molecule has 0 bridgehead atoms. The summed E-state index contributed by atoms with van der Waals surface area (Å²) in [7, 11) is 4.83. The van der Waals surface area contributed by atoms with Crippen molar-refractivity contribution in [2.24, 2.45) is 0 Å². The Balaban J connectivity index is 2.91. The first kappa shape index (κ1) is 7.66. The van der Waals surface area contributed by atoms with Crippen LogP contribution in [0.1, 0.15) is 10.4 Å². The topological polar surface area (TPSA) is 46.5 Å². The molecule has 0 aliphatic rings. The molecule has 0 saturated carbocycles. The molecule has 0 spiro atoms. The van der Waals surface area contributed by atoms with Crippen molar-refractivity contribution in [1.29, 1.82) is 0 Å². The van der Waals surface area contributed by atoms with E-state index in [1.165, 1.54) is 24.3 Å². The van der Waals surface area contributed by atoms with Crippen LogP contribution in [0.2, 0.25) is 0 Å². The lowest BCUT2D eigenvalue weighted by atomic mass is 10.2. The van der Waals surface area contributed by atoms with E-state index in [1.54, 1.807) is 0 Å².